The van der Waals surface area contributed by atoms with E-state index < -0.39 is 12.1 Å². The molecule has 1 atom stereocenters. The number of nitrogens with zero attached hydrogens (tertiary/aromatic N) is 1. The van der Waals surface area contributed by atoms with Gasteiger partial charge in [-0.15, -0.1) is 0 Å². The van der Waals surface area contributed by atoms with Crippen LogP contribution < -0.4 is 34.7 Å². The van der Waals surface area contributed by atoms with Crippen LogP contribution in [0.3, 0.4) is 0 Å². The zero-order valence-corrected chi connectivity index (χ0v) is 12.0. The van der Waals surface area contributed by atoms with Gasteiger partial charge < -0.3 is 20.1 Å². The summed E-state index contributed by atoms with van der Waals surface area (Å²) in [6, 6.07) is 6.22. The molecule has 0 unspecified atom stereocenters. The summed E-state index contributed by atoms with van der Waals surface area (Å²) in [4.78, 5) is 11.7. The van der Waals surface area contributed by atoms with E-state index in [4.69, 9.17) is 0 Å². The minimum absolute atomic E-state index is 0. The Kier molecular flexibility index (Phi) is 7.41. The molecule has 0 fully saturated rings. The average Bonchev–Trinajstić information content (AvgIpc) is 2.16. The van der Waals surface area contributed by atoms with Gasteiger partial charge in [-0.2, -0.15) is 0 Å². The Morgan fingerprint density at radius 3 is 2.71 bits per heavy atom. The minimum Gasteiger partial charge on any atom is -0.549 e. The van der Waals surface area contributed by atoms with Crippen molar-refractivity contribution in [2.75, 3.05) is 20.1 Å². The molecule has 1 aromatic carbocycles. The number of carboxylic acid groups (broad SMARTS) is 1. The molecule has 0 aliphatic heterocycles. The quantitative estimate of drug-likeness (QED) is 0.520. The maximum atomic E-state index is 10.3. The summed E-state index contributed by atoms with van der Waals surface area (Å²) in [6.07, 6.45) is -0.837. The van der Waals surface area contributed by atoms with Crippen LogP contribution in [0.2, 0.25) is 0 Å². The molecule has 5 nitrogen and oxygen atoms in total. The SMILES string of the molecule is CN(CC(=O)[O-])C[C@H](O)c1cccc(O)c1.[Na+]. The fraction of sp³-hybridized carbons (Fsp3) is 0.364. The first-order valence-corrected chi connectivity index (χ1v) is 4.84. The predicted molar refractivity (Wildman–Crippen MR) is 55.6 cm³/mol. The molecule has 17 heavy (non-hydrogen) atoms. The summed E-state index contributed by atoms with van der Waals surface area (Å²) < 4.78 is 0. The molecule has 88 valence electrons. The van der Waals surface area contributed by atoms with Crippen molar-refractivity contribution in [2.24, 2.45) is 0 Å². The summed E-state index contributed by atoms with van der Waals surface area (Å²) in [7, 11) is 1.57. The van der Waals surface area contributed by atoms with Gasteiger partial charge in [0.15, 0.2) is 0 Å². The maximum Gasteiger partial charge on any atom is 1.00 e. The van der Waals surface area contributed by atoms with Gasteiger partial charge in [-0.05, 0) is 24.7 Å². The number of aliphatic hydroxyl groups is 1. The van der Waals surface area contributed by atoms with Crippen LogP contribution in [0.25, 0.3) is 0 Å². The number of phenolic OH excluding ortho intramolecular Hbond substituents is 1. The number of rotatable bonds is 5. The Balaban J connectivity index is 0.00000256. The Morgan fingerprint density at radius 2 is 2.18 bits per heavy atom. The summed E-state index contributed by atoms with van der Waals surface area (Å²) in [6.45, 7) is -0.0761. The van der Waals surface area contributed by atoms with Gasteiger partial charge >= 0.3 is 29.6 Å². The zero-order valence-electron chi connectivity index (χ0n) is 9.96. The Labute approximate surface area is 122 Å². The van der Waals surface area contributed by atoms with Gasteiger partial charge in [0.05, 0.1) is 12.1 Å². The third-order valence-corrected chi connectivity index (χ3v) is 2.14. The number of aromatic hydroxyl groups is 1. The van der Waals surface area contributed by atoms with E-state index in [-0.39, 0.29) is 48.4 Å². The Morgan fingerprint density at radius 1 is 1.53 bits per heavy atom. The van der Waals surface area contributed by atoms with E-state index in [2.05, 4.69) is 0 Å². The number of likely N-dealkylation sites (N-methyl/N-ethyl adjacent to an activating group) is 1. The van der Waals surface area contributed by atoms with Crippen molar-refractivity contribution < 1.29 is 49.7 Å². The van der Waals surface area contributed by atoms with Gasteiger partial charge in [-0.3, -0.25) is 4.90 Å². The average molecular weight is 247 g/mol. The third kappa shape index (κ3) is 6.05. The normalized spacial score (nSPS) is 11.9. The number of carbonyl (C=O) groups excluding carboxylic acids is 1. The summed E-state index contributed by atoms with van der Waals surface area (Å²) >= 11 is 0. The summed E-state index contributed by atoms with van der Waals surface area (Å²) in [5.41, 5.74) is 0.546. The number of hydrogen-bond acceptors (Lipinski definition) is 5. The van der Waals surface area contributed by atoms with Crippen LogP contribution >= 0.6 is 0 Å². The molecule has 1 rings (SSSR count). The maximum absolute atomic E-state index is 10.3. The number of aliphatic carboxylic acids is 1. The molecule has 0 radical (unpaired) electrons. The largest absolute Gasteiger partial charge is 1.00 e. The van der Waals surface area contributed by atoms with Crippen molar-refractivity contribution in [2.45, 2.75) is 6.10 Å². The number of hydrogen-bond donors (Lipinski definition) is 2. The first-order valence-electron chi connectivity index (χ1n) is 4.84. The van der Waals surface area contributed by atoms with Gasteiger partial charge in [0, 0.05) is 13.1 Å². The van der Waals surface area contributed by atoms with Gasteiger partial charge in [0.1, 0.15) is 5.75 Å². The molecule has 0 heterocycles. The molecule has 6 heteroatoms. The predicted octanol–water partition coefficient (Wildman–Crippen LogP) is -3.89. The fourth-order valence-electron chi connectivity index (χ4n) is 1.42. The van der Waals surface area contributed by atoms with E-state index in [0.717, 1.165) is 0 Å². The minimum atomic E-state index is -1.19. The van der Waals surface area contributed by atoms with Crippen LogP contribution in [0.5, 0.6) is 5.75 Å². The van der Waals surface area contributed by atoms with E-state index in [1.807, 2.05) is 0 Å². The van der Waals surface area contributed by atoms with Crippen molar-refractivity contribution in [3.05, 3.63) is 29.8 Å². The van der Waals surface area contributed by atoms with Gasteiger partial charge in [0.2, 0.25) is 0 Å². The molecule has 0 amide bonds. The molecular formula is C11H14NNaO4. The topological polar surface area (TPSA) is 83.8 Å². The molecular weight excluding hydrogens is 233 g/mol. The van der Waals surface area contributed by atoms with E-state index >= 15 is 0 Å². The van der Waals surface area contributed by atoms with Crippen molar-refractivity contribution in [3.63, 3.8) is 0 Å². The molecule has 2 N–H and O–H groups in total. The number of carboxylic acids is 1. The van der Waals surface area contributed by atoms with Crippen LogP contribution in [-0.4, -0.2) is 41.2 Å². The van der Waals surface area contributed by atoms with Crippen molar-refractivity contribution in [1.82, 2.24) is 4.90 Å². The number of aliphatic hydroxyl groups excluding tert-OH is 1. The fourth-order valence-corrected chi connectivity index (χ4v) is 1.42. The number of carbonyl (C=O) groups is 1. The Bertz CT molecular complexity index is 372. The van der Waals surface area contributed by atoms with Gasteiger partial charge in [-0.25, -0.2) is 0 Å². The first kappa shape index (κ1) is 16.4. The monoisotopic (exact) mass is 247 g/mol. The molecule has 1 aromatic rings. The summed E-state index contributed by atoms with van der Waals surface area (Å²) in [5, 5.41) is 29.3. The van der Waals surface area contributed by atoms with Gasteiger partial charge in [-0.1, -0.05) is 12.1 Å². The summed E-state index contributed by atoms with van der Waals surface area (Å²) in [5.74, 6) is -1.12. The van der Waals surface area contributed by atoms with Crippen molar-refractivity contribution in [3.8, 4) is 5.75 Å². The second-order valence-corrected chi connectivity index (χ2v) is 3.68. The molecule has 0 aliphatic rings. The van der Waals surface area contributed by atoms with Crippen LogP contribution in [0.15, 0.2) is 24.3 Å². The van der Waals surface area contributed by atoms with E-state index in [1.54, 1.807) is 19.2 Å². The Hall–Kier alpha value is -0.590. The van der Waals surface area contributed by atoms with Crippen LogP contribution in [-0.2, 0) is 4.79 Å². The molecule has 0 saturated heterocycles. The first-order chi connectivity index (χ1) is 7.49. The van der Waals surface area contributed by atoms with Crippen LogP contribution in [0.4, 0.5) is 0 Å². The standard InChI is InChI=1S/C11H15NO4.Na/c1-12(7-11(15)16)6-10(14)8-3-2-4-9(13)5-8;/h2-5,10,13-14H,6-7H2,1H3,(H,15,16);/q;+1/p-1/t10-;/m0./s1. The van der Waals surface area contributed by atoms with Crippen LogP contribution in [0.1, 0.15) is 11.7 Å². The van der Waals surface area contributed by atoms with Crippen molar-refractivity contribution >= 4 is 5.97 Å². The van der Waals surface area contributed by atoms with Gasteiger partial charge in [0.25, 0.3) is 0 Å². The smallest absolute Gasteiger partial charge is 0.549 e. The van der Waals surface area contributed by atoms with E-state index in [9.17, 15) is 20.1 Å². The number of phenols is 1. The second-order valence-electron chi connectivity index (χ2n) is 3.68. The molecule has 0 bridgehead atoms. The second kappa shape index (κ2) is 7.68. The van der Waals surface area contributed by atoms with E-state index in [1.165, 1.54) is 17.0 Å². The number of benzene rings is 1. The third-order valence-electron chi connectivity index (χ3n) is 2.14. The van der Waals surface area contributed by atoms with Crippen molar-refractivity contribution in [1.29, 1.82) is 0 Å². The molecule has 0 aliphatic carbocycles. The zero-order chi connectivity index (χ0) is 12.1. The van der Waals surface area contributed by atoms with E-state index in [0.29, 0.717) is 5.56 Å². The molecule has 0 spiro atoms. The molecule has 0 saturated carbocycles. The van der Waals surface area contributed by atoms with Crippen LogP contribution in [0, 0.1) is 0 Å². The molecule has 0 aromatic heterocycles.